The second-order valence-corrected chi connectivity index (χ2v) is 14.6. The number of hydrogen-bond donors (Lipinski definition) is 0. The molecule has 0 spiro atoms. The fourth-order valence-corrected chi connectivity index (χ4v) is 7.82. The largest absolute Gasteiger partial charge is 0.310 e. The zero-order valence-electron chi connectivity index (χ0n) is 30.7. The van der Waals surface area contributed by atoms with Gasteiger partial charge in [-0.3, -0.25) is 0 Å². The number of aryl methyl sites for hydroxylation is 10. The van der Waals surface area contributed by atoms with Crippen molar-refractivity contribution in [3.63, 3.8) is 0 Å². The van der Waals surface area contributed by atoms with Crippen LogP contribution < -0.4 is 9.80 Å². The summed E-state index contributed by atoms with van der Waals surface area (Å²) < 4.78 is 0. The molecule has 0 radical (unpaired) electrons. The molecule has 0 heterocycles. The summed E-state index contributed by atoms with van der Waals surface area (Å²) in [6.07, 6.45) is 2.02. The highest BCUT2D eigenvalue weighted by Crippen LogP contribution is 2.48. The van der Waals surface area contributed by atoms with Crippen molar-refractivity contribution >= 4 is 55.7 Å². The summed E-state index contributed by atoms with van der Waals surface area (Å²) >= 11 is 0. The molecule has 1 aliphatic rings. The van der Waals surface area contributed by atoms with Gasteiger partial charge >= 0.3 is 0 Å². The minimum Gasteiger partial charge on any atom is -0.310 e. The van der Waals surface area contributed by atoms with Crippen LogP contribution in [0.3, 0.4) is 0 Å². The molecule has 2 heteroatoms. The molecule has 0 N–H and O–H groups in total. The topological polar surface area (TPSA) is 6.48 Å². The lowest BCUT2D eigenvalue weighted by Gasteiger charge is -2.32. The highest BCUT2D eigenvalue weighted by molar-refractivity contribution is 6.17. The summed E-state index contributed by atoms with van der Waals surface area (Å²) in [6, 6.07) is 41.7. The van der Waals surface area contributed by atoms with Crippen LogP contribution in [-0.4, -0.2) is 0 Å². The van der Waals surface area contributed by atoms with E-state index in [2.05, 4.69) is 174 Å². The van der Waals surface area contributed by atoms with E-state index >= 15 is 0 Å². The van der Waals surface area contributed by atoms with E-state index in [1.807, 2.05) is 0 Å². The molecule has 0 amide bonds. The van der Waals surface area contributed by atoms with Gasteiger partial charge in [0.1, 0.15) is 0 Å². The van der Waals surface area contributed by atoms with Crippen LogP contribution in [0.5, 0.6) is 0 Å². The molecule has 0 aromatic heterocycles. The van der Waals surface area contributed by atoms with Crippen molar-refractivity contribution in [1.29, 1.82) is 0 Å². The Hall–Kier alpha value is -5.34. The second-order valence-electron chi connectivity index (χ2n) is 14.6. The number of benzene rings is 7. The molecule has 0 aliphatic heterocycles. The summed E-state index contributed by atoms with van der Waals surface area (Å²) in [6.45, 7) is 17.7. The average molecular weight is 651 g/mol. The highest BCUT2D eigenvalue weighted by atomic mass is 15.2. The van der Waals surface area contributed by atoms with E-state index in [1.54, 1.807) is 0 Å². The van der Waals surface area contributed by atoms with Gasteiger partial charge in [0.2, 0.25) is 0 Å². The van der Waals surface area contributed by atoms with Crippen LogP contribution in [0.25, 0.3) is 21.5 Å². The number of nitrogens with zero attached hydrogens (tertiary/aromatic N) is 2. The Morgan fingerprint density at radius 2 is 0.780 bits per heavy atom. The van der Waals surface area contributed by atoms with E-state index in [0.717, 1.165) is 12.8 Å². The summed E-state index contributed by atoms with van der Waals surface area (Å²) in [5.74, 6) is 0. The zero-order chi connectivity index (χ0) is 34.8. The maximum atomic E-state index is 2.50. The van der Waals surface area contributed by atoms with Crippen molar-refractivity contribution in [2.75, 3.05) is 9.80 Å². The van der Waals surface area contributed by atoms with Gasteiger partial charge < -0.3 is 9.80 Å². The minimum atomic E-state index is 1.00. The Kier molecular flexibility index (Phi) is 7.79. The second kappa shape index (κ2) is 12.2. The van der Waals surface area contributed by atoms with E-state index in [4.69, 9.17) is 0 Å². The third kappa shape index (κ3) is 5.26. The van der Waals surface area contributed by atoms with Crippen LogP contribution in [0.4, 0.5) is 34.1 Å². The zero-order valence-corrected chi connectivity index (χ0v) is 30.7. The van der Waals surface area contributed by atoms with Crippen LogP contribution in [0, 0.1) is 55.4 Å². The molecule has 7 aromatic rings. The van der Waals surface area contributed by atoms with Gasteiger partial charge in [0.05, 0.1) is 5.69 Å². The SMILES string of the molecule is Cc1ccc(N(c2ccc(C)c(C)c2)c2ccc3ccc4c(N(c5ccc(C)c(C)c5)c5ccc(C)c(C)c5)ccc5c4c3c2CC5)cc1C. The van der Waals surface area contributed by atoms with Crippen molar-refractivity contribution < 1.29 is 0 Å². The molecule has 0 unspecified atom stereocenters. The van der Waals surface area contributed by atoms with E-state index in [1.165, 1.54) is 111 Å². The first-order valence-corrected chi connectivity index (χ1v) is 18.0. The molecule has 2 nitrogen and oxygen atoms in total. The van der Waals surface area contributed by atoms with Gasteiger partial charge in [-0.15, -0.1) is 0 Å². The van der Waals surface area contributed by atoms with E-state index in [-0.39, 0.29) is 0 Å². The summed E-state index contributed by atoms with van der Waals surface area (Å²) in [7, 11) is 0. The van der Waals surface area contributed by atoms with Gasteiger partial charge in [0.15, 0.2) is 0 Å². The molecule has 0 saturated carbocycles. The molecule has 0 fully saturated rings. The molecule has 0 atom stereocenters. The summed E-state index contributed by atoms with van der Waals surface area (Å²) in [5, 5.41) is 5.38. The summed E-state index contributed by atoms with van der Waals surface area (Å²) in [4.78, 5) is 4.97. The monoisotopic (exact) mass is 650 g/mol. The fourth-order valence-electron chi connectivity index (χ4n) is 7.82. The van der Waals surface area contributed by atoms with Crippen molar-refractivity contribution in [3.8, 4) is 0 Å². The minimum absolute atomic E-state index is 1.00. The molecular formula is C48H46N2. The first-order valence-electron chi connectivity index (χ1n) is 18.0. The molecule has 1 aliphatic carbocycles. The van der Waals surface area contributed by atoms with Gasteiger partial charge in [-0.2, -0.15) is 0 Å². The van der Waals surface area contributed by atoms with Gasteiger partial charge in [0.25, 0.3) is 0 Å². The Labute approximate surface area is 297 Å². The first-order chi connectivity index (χ1) is 24.1. The van der Waals surface area contributed by atoms with Crippen LogP contribution >= 0.6 is 0 Å². The van der Waals surface area contributed by atoms with E-state index in [0.29, 0.717) is 0 Å². The molecule has 8 rings (SSSR count). The summed E-state index contributed by atoms with van der Waals surface area (Å²) in [5.41, 5.74) is 20.6. The predicted octanol–water partition coefficient (Wildman–Crippen LogP) is 13.5. The van der Waals surface area contributed by atoms with Crippen LogP contribution in [0.2, 0.25) is 0 Å². The normalized spacial score (nSPS) is 12.2. The van der Waals surface area contributed by atoms with Crippen molar-refractivity contribution in [1.82, 2.24) is 0 Å². The molecule has 50 heavy (non-hydrogen) atoms. The van der Waals surface area contributed by atoms with E-state index in [9.17, 15) is 0 Å². The Morgan fingerprint density at radius 1 is 0.360 bits per heavy atom. The number of hydrogen-bond acceptors (Lipinski definition) is 2. The fraction of sp³-hybridized carbons (Fsp3) is 0.208. The Balaban J connectivity index is 1.41. The van der Waals surface area contributed by atoms with Crippen LogP contribution in [0.15, 0.2) is 109 Å². The van der Waals surface area contributed by atoms with Gasteiger partial charge in [-0.25, -0.2) is 0 Å². The predicted molar refractivity (Wildman–Crippen MR) is 216 cm³/mol. The van der Waals surface area contributed by atoms with Crippen LogP contribution in [-0.2, 0) is 12.8 Å². The molecule has 248 valence electrons. The van der Waals surface area contributed by atoms with Crippen molar-refractivity contribution in [2.24, 2.45) is 0 Å². The van der Waals surface area contributed by atoms with E-state index < -0.39 is 0 Å². The standard InChI is InChI=1S/C48H46N2/c1-29-9-17-39(25-33(29)5)49(40-18-10-30(2)34(6)26-40)45-23-15-37-14-22-44-46(24-16-38-13-21-43(45)47(37)48(38)44)50(41-19-11-31(3)35(7)27-41)42-20-12-32(4)36(8)28-42/h9-13,15-21,23-28H,14,22H2,1-8H3. The molecular weight excluding hydrogens is 605 g/mol. The lowest BCUT2D eigenvalue weighted by atomic mass is 9.84. The average Bonchev–Trinajstić information content (AvgIpc) is 3.11. The lowest BCUT2D eigenvalue weighted by Crippen LogP contribution is -2.16. The maximum Gasteiger partial charge on any atom is 0.0540 e. The third-order valence-corrected chi connectivity index (χ3v) is 11.4. The highest BCUT2D eigenvalue weighted by Gasteiger charge is 2.26. The Bertz CT molecular complexity index is 2380. The maximum absolute atomic E-state index is 2.50. The van der Waals surface area contributed by atoms with Crippen LogP contribution in [0.1, 0.15) is 55.6 Å². The molecule has 0 saturated heterocycles. The lowest BCUT2D eigenvalue weighted by molar-refractivity contribution is 0.963. The molecule has 7 aromatic carbocycles. The third-order valence-electron chi connectivity index (χ3n) is 11.4. The first kappa shape index (κ1) is 31.9. The van der Waals surface area contributed by atoms with Gasteiger partial charge in [0, 0.05) is 33.8 Å². The Morgan fingerprint density at radius 3 is 1.24 bits per heavy atom. The van der Waals surface area contributed by atoms with Gasteiger partial charge in [-0.1, -0.05) is 48.5 Å². The van der Waals surface area contributed by atoms with Crippen molar-refractivity contribution in [2.45, 2.75) is 68.2 Å². The smallest absolute Gasteiger partial charge is 0.0540 e. The van der Waals surface area contributed by atoms with Crippen molar-refractivity contribution in [3.05, 3.63) is 165 Å². The number of anilines is 6. The molecule has 0 bridgehead atoms. The number of rotatable bonds is 6. The quantitative estimate of drug-likeness (QED) is 0.165. The van der Waals surface area contributed by atoms with Gasteiger partial charge in [-0.05, 0) is 201 Å².